The average molecular weight is 406 g/mol. The molecule has 0 aliphatic rings. The van der Waals surface area contributed by atoms with Gasteiger partial charge in [-0.1, -0.05) is 29.8 Å². The summed E-state index contributed by atoms with van der Waals surface area (Å²) < 4.78 is 6.64. The van der Waals surface area contributed by atoms with E-state index in [0.29, 0.717) is 11.0 Å². The Morgan fingerprint density at radius 2 is 1.83 bits per heavy atom. The highest BCUT2D eigenvalue weighted by molar-refractivity contribution is 7.14. The van der Waals surface area contributed by atoms with Gasteiger partial charge in [-0.3, -0.25) is 4.79 Å². The molecule has 2 aromatic carbocycles. The standard InChI is InChI=1S/C20H18N6O2S/c1-13-3-5-15(6-4-13)19-23-24-25-26(19)11-18(27)22-20-21-17(12-29-20)14-7-9-16(28-2)10-8-14/h3-10,12H,11H2,1-2H3,(H,21,22,27). The second-order valence-corrected chi connectivity index (χ2v) is 7.20. The first-order chi connectivity index (χ1) is 14.1. The molecule has 9 heteroatoms. The fraction of sp³-hybridized carbons (Fsp3) is 0.150. The van der Waals surface area contributed by atoms with Crippen molar-refractivity contribution in [2.24, 2.45) is 0 Å². The number of ether oxygens (including phenoxy) is 1. The molecule has 0 unspecified atom stereocenters. The first kappa shape index (κ1) is 18.8. The van der Waals surface area contributed by atoms with Crippen LogP contribution in [0.5, 0.6) is 5.75 Å². The highest BCUT2D eigenvalue weighted by atomic mass is 32.1. The van der Waals surface area contributed by atoms with Crippen LogP contribution >= 0.6 is 11.3 Å². The number of thiazole rings is 1. The molecular formula is C20H18N6O2S. The van der Waals surface area contributed by atoms with Gasteiger partial charge in [-0.25, -0.2) is 9.67 Å². The molecule has 1 amide bonds. The number of carbonyl (C=O) groups excluding carboxylic acids is 1. The van der Waals surface area contributed by atoms with Crippen molar-refractivity contribution in [2.45, 2.75) is 13.5 Å². The van der Waals surface area contributed by atoms with Gasteiger partial charge in [-0.05, 0) is 41.6 Å². The molecule has 146 valence electrons. The third kappa shape index (κ3) is 4.30. The van der Waals surface area contributed by atoms with E-state index in [1.165, 1.54) is 16.0 Å². The molecule has 0 saturated carbocycles. The van der Waals surface area contributed by atoms with E-state index >= 15 is 0 Å². The number of hydrogen-bond donors (Lipinski definition) is 1. The van der Waals surface area contributed by atoms with Crippen LogP contribution < -0.4 is 10.1 Å². The fourth-order valence-corrected chi connectivity index (χ4v) is 3.48. The second-order valence-electron chi connectivity index (χ2n) is 6.34. The normalized spacial score (nSPS) is 10.7. The second kappa shape index (κ2) is 8.19. The molecule has 2 aromatic heterocycles. The maximum atomic E-state index is 12.5. The number of anilines is 1. The van der Waals surface area contributed by atoms with Crippen molar-refractivity contribution in [1.82, 2.24) is 25.2 Å². The maximum absolute atomic E-state index is 12.5. The van der Waals surface area contributed by atoms with Crippen LogP contribution in [0.1, 0.15) is 5.56 Å². The summed E-state index contributed by atoms with van der Waals surface area (Å²) in [5.41, 5.74) is 3.73. The van der Waals surface area contributed by atoms with E-state index in [4.69, 9.17) is 4.74 Å². The van der Waals surface area contributed by atoms with Crippen molar-refractivity contribution in [2.75, 3.05) is 12.4 Å². The number of tetrazole rings is 1. The Balaban J connectivity index is 1.44. The van der Waals surface area contributed by atoms with E-state index in [1.807, 2.05) is 60.8 Å². The molecule has 0 spiro atoms. The maximum Gasteiger partial charge on any atom is 0.248 e. The number of rotatable bonds is 6. The topological polar surface area (TPSA) is 94.8 Å². The Kier molecular flexibility index (Phi) is 5.30. The summed E-state index contributed by atoms with van der Waals surface area (Å²) in [5, 5.41) is 16.9. The van der Waals surface area contributed by atoms with Crippen molar-refractivity contribution >= 4 is 22.4 Å². The number of benzene rings is 2. The monoisotopic (exact) mass is 406 g/mol. The van der Waals surface area contributed by atoms with Crippen molar-refractivity contribution in [3.8, 4) is 28.4 Å². The predicted octanol–water partition coefficient (Wildman–Crippen LogP) is 3.42. The quantitative estimate of drug-likeness (QED) is 0.527. The zero-order chi connectivity index (χ0) is 20.2. The third-order valence-electron chi connectivity index (χ3n) is 4.27. The average Bonchev–Trinajstić information content (AvgIpc) is 3.38. The summed E-state index contributed by atoms with van der Waals surface area (Å²) in [4.78, 5) is 16.9. The van der Waals surface area contributed by atoms with Crippen molar-refractivity contribution in [3.05, 3.63) is 59.5 Å². The summed E-state index contributed by atoms with van der Waals surface area (Å²) in [6, 6.07) is 15.4. The van der Waals surface area contributed by atoms with E-state index in [2.05, 4.69) is 25.8 Å². The molecule has 4 aromatic rings. The number of aryl methyl sites for hydroxylation is 1. The van der Waals surface area contributed by atoms with Crippen molar-refractivity contribution < 1.29 is 9.53 Å². The van der Waals surface area contributed by atoms with Crippen molar-refractivity contribution in [1.29, 1.82) is 0 Å². The third-order valence-corrected chi connectivity index (χ3v) is 5.03. The fourth-order valence-electron chi connectivity index (χ4n) is 2.74. The summed E-state index contributed by atoms with van der Waals surface area (Å²) in [7, 11) is 1.63. The van der Waals surface area contributed by atoms with Gasteiger partial charge in [-0.15, -0.1) is 16.4 Å². The summed E-state index contributed by atoms with van der Waals surface area (Å²) >= 11 is 1.36. The summed E-state index contributed by atoms with van der Waals surface area (Å²) in [5.74, 6) is 1.07. The minimum atomic E-state index is -0.249. The molecule has 29 heavy (non-hydrogen) atoms. The molecular weight excluding hydrogens is 388 g/mol. The molecule has 0 aliphatic carbocycles. The summed E-state index contributed by atoms with van der Waals surface area (Å²) in [6.45, 7) is 2.00. The minimum absolute atomic E-state index is 0.00629. The lowest BCUT2D eigenvalue weighted by Gasteiger charge is -2.05. The Morgan fingerprint density at radius 1 is 1.10 bits per heavy atom. The van der Waals surface area contributed by atoms with Crippen LogP contribution in [0.25, 0.3) is 22.6 Å². The van der Waals surface area contributed by atoms with Gasteiger partial charge in [0.2, 0.25) is 5.91 Å². The molecule has 8 nitrogen and oxygen atoms in total. The van der Waals surface area contributed by atoms with Crippen LogP contribution in [0, 0.1) is 6.92 Å². The number of methoxy groups -OCH3 is 1. The Labute approximate surface area is 171 Å². The van der Waals surface area contributed by atoms with Crippen molar-refractivity contribution in [3.63, 3.8) is 0 Å². The molecule has 0 atom stereocenters. The van der Waals surface area contributed by atoms with Gasteiger partial charge < -0.3 is 10.1 Å². The van der Waals surface area contributed by atoms with Gasteiger partial charge in [0.15, 0.2) is 11.0 Å². The van der Waals surface area contributed by atoms with Gasteiger partial charge in [0.05, 0.1) is 12.8 Å². The first-order valence-electron chi connectivity index (χ1n) is 8.85. The number of aromatic nitrogens is 5. The van der Waals surface area contributed by atoms with E-state index in [0.717, 1.165) is 28.1 Å². The van der Waals surface area contributed by atoms with Gasteiger partial charge >= 0.3 is 0 Å². The van der Waals surface area contributed by atoms with Gasteiger partial charge in [0.25, 0.3) is 0 Å². The minimum Gasteiger partial charge on any atom is -0.497 e. The Bertz CT molecular complexity index is 1120. The molecule has 4 rings (SSSR count). The first-order valence-corrected chi connectivity index (χ1v) is 9.73. The number of hydrogen-bond acceptors (Lipinski definition) is 7. The SMILES string of the molecule is COc1ccc(-c2csc(NC(=O)Cn3nnnc3-c3ccc(C)cc3)n2)cc1. The highest BCUT2D eigenvalue weighted by Crippen LogP contribution is 2.26. The molecule has 1 N–H and O–H groups in total. The number of nitrogens with one attached hydrogen (secondary N) is 1. The van der Waals surface area contributed by atoms with E-state index < -0.39 is 0 Å². The largest absolute Gasteiger partial charge is 0.497 e. The van der Waals surface area contributed by atoms with Crippen LogP contribution in [-0.4, -0.2) is 38.2 Å². The smallest absolute Gasteiger partial charge is 0.248 e. The number of nitrogens with zero attached hydrogens (tertiary/aromatic N) is 5. The van der Waals surface area contributed by atoms with Crippen LogP contribution in [0.15, 0.2) is 53.9 Å². The molecule has 2 heterocycles. The number of carbonyl (C=O) groups is 1. The van der Waals surface area contributed by atoms with E-state index in [9.17, 15) is 4.79 Å². The van der Waals surface area contributed by atoms with Crippen LogP contribution in [0.4, 0.5) is 5.13 Å². The zero-order valence-electron chi connectivity index (χ0n) is 15.9. The summed E-state index contributed by atoms with van der Waals surface area (Å²) in [6.07, 6.45) is 0. The highest BCUT2D eigenvalue weighted by Gasteiger charge is 2.14. The molecule has 0 radical (unpaired) electrons. The van der Waals surface area contributed by atoms with E-state index in [1.54, 1.807) is 7.11 Å². The Morgan fingerprint density at radius 3 is 2.55 bits per heavy atom. The van der Waals surface area contributed by atoms with Crippen LogP contribution in [0.3, 0.4) is 0 Å². The van der Waals surface area contributed by atoms with Crippen LogP contribution in [-0.2, 0) is 11.3 Å². The lowest BCUT2D eigenvalue weighted by Crippen LogP contribution is -2.20. The van der Waals surface area contributed by atoms with Gasteiger partial charge in [0, 0.05) is 16.5 Å². The lowest BCUT2D eigenvalue weighted by atomic mass is 10.1. The molecule has 0 saturated heterocycles. The zero-order valence-corrected chi connectivity index (χ0v) is 16.7. The molecule has 0 fully saturated rings. The van der Waals surface area contributed by atoms with Gasteiger partial charge in [0.1, 0.15) is 12.3 Å². The van der Waals surface area contributed by atoms with Crippen LogP contribution in [0.2, 0.25) is 0 Å². The Hall–Kier alpha value is -3.59. The molecule has 0 bridgehead atoms. The van der Waals surface area contributed by atoms with E-state index in [-0.39, 0.29) is 12.5 Å². The molecule has 0 aliphatic heterocycles. The lowest BCUT2D eigenvalue weighted by molar-refractivity contribution is -0.116. The predicted molar refractivity (Wildman–Crippen MR) is 111 cm³/mol. The van der Waals surface area contributed by atoms with Gasteiger partial charge in [-0.2, -0.15) is 0 Å². The number of amides is 1.